The molecular weight excluding hydrogens is 403 g/mol. The van der Waals surface area contributed by atoms with Crippen LogP contribution in [0.1, 0.15) is 6.42 Å². The molecule has 0 spiro atoms. The van der Waals surface area contributed by atoms with Crippen molar-refractivity contribution in [3.8, 4) is 0 Å². The van der Waals surface area contributed by atoms with Crippen molar-refractivity contribution in [1.82, 2.24) is 9.55 Å². The number of carbonyl (C=O) groups excluding carboxylic acids is 2. The van der Waals surface area contributed by atoms with Gasteiger partial charge in [-0.2, -0.15) is 0 Å². The minimum Gasteiger partial charge on any atom is -0.370 e. The number of benzene rings is 1. The van der Waals surface area contributed by atoms with Crippen LogP contribution in [-0.4, -0.2) is 33.7 Å². The third-order valence-corrected chi connectivity index (χ3v) is 5.90. The fraction of sp³-hybridized carbons (Fsp3) is 0.222. The Labute approximate surface area is 168 Å². The number of hydrogen-bond acceptors (Lipinski definition) is 6. The van der Waals surface area contributed by atoms with Crippen LogP contribution in [-0.2, 0) is 16.6 Å². The summed E-state index contributed by atoms with van der Waals surface area (Å²) < 4.78 is 15.2. The van der Waals surface area contributed by atoms with Crippen molar-refractivity contribution >= 4 is 50.8 Å². The van der Waals surface area contributed by atoms with Gasteiger partial charge in [0.25, 0.3) is 5.56 Å². The standard InChI is InChI=1S/C18H17FN4O3S2/c1-22-17(26)16-13(7-9-27-16)21-18(22)28-10-15(25)23(8-6-14(20)24)12-4-2-11(19)3-5-12/h2-5,7,9H,6,8,10H2,1H3,(H2,20,24). The van der Waals surface area contributed by atoms with Crippen LogP contribution >= 0.6 is 23.1 Å². The fourth-order valence-electron chi connectivity index (χ4n) is 2.54. The van der Waals surface area contributed by atoms with Crippen LogP contribution in [0.5, 0.6) is 0 Å². The molecule has 0 saturated carbocycles. The van der Waals surface area contributed by atoms with Gasteiger partial charge in [0.05, 0.1) is 11.3 Å². The second-order valence-electron chi connectivity index (χ2n) is 5.92. The van der Waals surface area contributed by atoms with Gasteiger partial charge in [-0.05, 0) is 35.7 Å². The molecule has 0 aliphatic rings. The molecule has 0 bridgehead atoms. The second kappa shape index (κ2) is 8.53. The van der Waals surface area contributed by atoms with E-state index < -0.39 is 11.7 Å². The molecule has 3 aromatic rings. The molecule has 2 heterocycles. The minimum absolute atomic E-state index is 0.00787. The molecule has 28 heavy (non-hydrogen) atoms. The van der Waals surface area contributed by atoms with Crippen molar-refractivity contribution in [3.63, 3.8) is 0 Å². The SMILES string of the molecule is Cn1c(SCC(=O)N(CCC(N)=O)c2ccc(F)cc2)nc2ccsc2c1=O. The Kier molecular flexibility index (Phi) is 6.10. The summed E-state index contributed by atoms with van der Waals surface area (Å²) in [7, 11) is 1.60. The molecule has 2 amide bonds. The fourth-order valence-corrected chi connectivity index (χ4v) is 4.20. The number of nitrogens with zero attached hydrogens (tertiary/aromatic N) is 3. The van der Waals surface area contributed by atoms with E-state index in [4.69, 9.17) is 5.73 Å². The van der Waals surface area contributed by atoms with Crippen molar-refractivity contribution in [1.29, 1.82) is 0 Å². The third kappa shape index (κ3) is 4.39. The summed E-state index contributed by atoms with van der Waals surface area (Å²) >= 11 is 2.44. The number of nitrogens with two attached hydrogens (primary N) is 1. The van der Waals surface area contributed by atoms with Crippen LogP contribution in [0.2, 0.25) is 0 Å². The lowest BCUT2D eigenvalue weighted by molar-refractivity contribution is -0.118. The quantitative estimate of drug-likeness (QED) is 0.466. The van der Waals surface area contributed by atoms with Gasteiger partial charge in [-0.3, -0.25) is 19.0 Å². The van der Waals surface area contributed by atoms with Gasteiger partial charge in [0.15, 0.2) is 5.16 Å². The average Bonchev–Trinajstić information content (AvgIpc) is 3.13. The molecule has 1 aromatic carbocycles. The van der Waals surface area contributed by atoms with E-state index in [1.807, 2.05) is 0 Å². The first-order chi connectivity index (χ1) is 13.4. The van der Waals surface area contributed by atoms with Gasteiger partial charge in [0.2, 0.25) is 11.8 Å². The number of primary amides is 1. The first-order valence-electron chi connectivity index (χ1n) is 8.28. The number of amides is 2. The lowest BCUT2D eigenvalue weighted by Gasteiger charge is -2.22. The summed E-state index contributed by atoms with van der Waals surface area (Å²) in [6, 6.07) is 7.16. The molecule has 0 radical (unpaired) electrons. The normalized spacial score (nSPS) is 10.9. The first-order valence-corrected chi connectivity index (χ1v) is 10.1. The number of thiophene rings is 1. The Morgan fingerprint density at radius 2 is 2.00 bits per heavy atom. The number of anilines is 1. The number of rotatable bonds is 7. The van der Waals surface area contributed by atoms with E-state index in [9.17, 15) is 18.8 Å². The van der Waals surface area contributed by atoms with E-state index >= 15 is 0 Å². The van der Waals surface area contributed by atoms with Crippen LogP contribution in [0.25, 0.3) is 10.2 Å². The van der Waals surface area contributed by atoms with Gasteiger partial charge in [-0.15, -0.1) is 11.3 Å². The zero-order valence-electron chi connectivity index (χ0n) is 14.9. The predicted molar refractivity (Wildman–Crippen MR) is 108 cm³/mol. The Morgan fingerprint density at radius 3 is 2.68 bits per heavy atom. The lowest BCUT2D eigenvalue weighted by Crippen LogP contribution is -2.35. The van der Waals surface area contributed by atoms with Gasteiger partial charge in [0.1, 0.15) is 10.5 Å². The highest BCUT2D eigenvalue weighted by atomic mass is 32.2. The number of fused-ring (bicyclic) bond motifs is 1. The van der Waals surface area contributed by atoms with Crippen molar-refractivity contribution in [3.05, 3.63) is 51.9 Å². The maximum absolute atomic E-state index is 13.2. The molecule has 3 rings (SSSR count). The van der Waals surface area contributed by atoms with Gasteiger partial charge >= 0.3 is 0 Å². The summed E-state index contributed by atoms with van der Waals surface area (Å²) in [5.41, 5.74) is 6.08. The van der Waals surface area contributed by atoms with E-state index in [1.165, 1.54) is 45.1 Å². The maximum atomic E-state index is 13.2. The molecular formula is C18H17FN4O3S2. The topological polar surface area (TPSA) is 98.3 Å². The lowest BCUT2D eigenvalue weighted by atomic mass is 10.2. The van der Waals surface area contributed by atoms with E-state index in [-0.39, 0.29) is 30.2 Å². The molecule has 0 saturated heterocycles. The molecule has 0 aliphatic carbocycles. The van der Waals surface area contributed by atoms with Gasteiger partial charge < -0.3 is 10.6 Å². The summed E-state index contributed by atoms with van der Waals surface area (Å²) in [5.74, 6) is -1.28. The summed E-state index contributed by atoms with van der Waals surface area (Å²) in [6.45, 7) is 0.0796. The molecule has 0 fully saturated rings. The highest BCUT2D eigenvalue weighted by Gasteiger charge is 2.19. The third-order valence-electron chi connectivity index (χ3n) is 3.99. The molecule has 0 unspecified atom stereocenters. The highest BCUT2D eigenvalue weighted by molar-refractivity contribution is 7.99. The highest BCUT2D eigenvalue weighted by Crippen LogP contribution is 2.22. The van der Waals surface area contributed by atoms with Crippen LogP contribution in [0.4, 0.5) is 10.1 Å². The number of carbonyl (C=O) groups is 2. The molecule has 0 atom stereocenters. The van der Waals surface area contributed by atoms with Crippen molar-refractivity contribution in [2.45, 2.75) is 11.6 Å². The number of hydrogen-bond donors (Lipinski definition) is 1. The summed E-state index contributed by atoms with van der Waals surface area (Å²) in [6.07, 6.45) is -0.0224. The number of aromatic nitrogens is 2. The number of halogens is 1. The Balaban J connectivity index is 1.80. The zero-order valence-corrected chi connectivity index (χ0v) is 16.6. The molecule has 10 heteroatoms. The van der Waals surface area contributed by atoms with Crippen LogP contribution < -0.4 is 16.2 Å². The maximum Gasteiger partial charge on any atom is 0.271 e. The van der Waals surface area contributed by atoms with E-state index in [0.717, 1.165) is 11.8 Å². The molecule has 0 aliphatic heterocycles. The Morgan fingerprint density at radius 1 is 1.29 bits per heavy atom. The van der Waals surface area contributed by atoms with Crippen LogP contribution in [0.3, 0.4) is 0 Å². The second-order valence-corrected chi connectivity index (χ2v) is 7.78. The summed E-state index contributed by atoms with van der Waals surface area (Å²) in [5, 5.41) is 2.21. The van der Waals surface area contributed by atoms with Crippen molar-refractivity contribution in [2.75, 3.05) is 17.2 Å². The van der Waals surface area contributed by atoms with Crippen LogP contribution in [0, 0.1) is 5.82 Å². The number of thioether (sulfide) groups is 1. The molecule has 146 valence electrons. The van der Waals surface area contributed by atoms with Gasteiger partial charge in [-0.25, -0.2) is 9.37 Å². The smallest absolute Gasteiger partial charge is 0.271 e. The average molecular weight is 420 g/mol. The molecule has 2 N–H and O–H groups in total. The molecule has 7 nitrogen and oxygen atoms in total. The van der Waals surface area contributed by atoms with E-state index in [2.05, 4.69) is 4.98 Å². The summed E-state index contributed by atoms with van der Waals surface area (Å²) in [4.78, 5) is 42.1. The van der Waals surface area contributed by atoms with Crippen LogP contribution in [0.15, 0.2) is 45.7 Å². The van der Waals surface area contributed by atoms with Crippen molar-refractivity contribution in [2.24, 2.45) is 12.8 Å². The minimum atomic E-state index is -0.542. The van der Waals surface area contributed by atoms with Gasteiger partial charge in [-0.1, -0.05) is 11.8 Å². The monoisotopic (exact) mass is 420 g/mol. The molecule has 2 aromatic heterocycles. The largest absolute Gasteiger partial charge is 0.370 e. The van der Waals surface area contributed by atoms with Crippen molar-refractivity contribution < 1.29 is 14.0 Å². The predicted octanol–water partition coefficient (Wildman–Crippen LogP) is 2.13. The van der Waals surface area contributed by atoms with Gasteiger partial charge in [0, 0.05) is 25.7 Å². The van der Waals surface area contributed by atoms with E-state index in [1.54, 1.807) is 18.5 Å². The zero-order chi connectivity index (χ0) is 20.3. The Bertz CT molecular complexity index is 1080. The van der Waals surface area contributed by atoms with E-state index in [0.29, 0.717) is 21.1 Å². The first kappa shape index (κ1) is 20.0. The Hall–Kier alpha value is -2.72.